The molecule has 0 bridgehead atoms. The highest BCUT2D eigenvalue weighted by Crippen LogP contribution is 2.47. The lowest BCUT2D eigenvalue weighted by Gasteiger charge is -2.21. The van der Waals surface area contributed by atoms with Crippen molar-refractivity contribution in [2.24, 2.45) is 5.92 Å². The quantitative estimate of drug-likeness (QED) is 0.167. The molecule has 2 aliphatic rings. The average molecular weight is 614 g/mol. The number of carbonyl (C=O) groups is 1. The average Bonchev–Trinajstić information content (AvgIpc) is 3.98. The highest BCUT2D eigenvalue weighted by atomic mass is 19.1. The number of hydrogen-bond donors (Lipinski definition) is 1. The maximum atomic E-state index is 13.7. The van der Waals surface area contributed by atoms with Crippen molar-refractivity contribution in [1.82, 2.24) is 15.3 Å². The van der Waals surface area contributed by atoms with Gasteiger partial charge in [0.05, 0.1) is 25.3 Å². The van der Waals surface area contributed by atoms with E-state index >= 15 is 0 Å². The van der Waals surface area contributed by atoms with E-state index in [-0.39, 0.29) is 17.6 Å². The molecule has 242 valence electrons. The van der Waals surface area contributed by atoms with Crippen LogP contribution in [0.4, 0.5) is 4.39 Å². The number of likely N-dealkylation sites (N-methyl/N-ethyl adjacent to an activating group) is 1. The Morgan fingerprint density at radius 1 is 0.956 bits per heavy atom. The van der Waals surface area contributed by atoms with Crippen LogP contribution in [-0.2, 0) is 0 Å². The van der Waals surface area contributed by atoms with Crippen LogP contribution in [0.1, 0.15) is 105 Å². The minimum Gasteiger partial charge on any atom is -0.351 e. The number of aromatic nitrogens is 2. The molecule has 2 unspecified atom stereocenters. The maximum Gasteiger partial charge on any atom is 0.251 e. The number of nitrogens with zero attached hydrogens (tertiary/aromatic N) is 3. The first-order chi connectivity index (χ1) is 21.6. The van der Waals surface area contributed by atoms with Crippen molar-refractivity contribution >= 4 is 16.8 Å². The van der Waals surface area contributed by atoms with Crippen LogP contribution in [0.25, 0.3) is 22.2 Å². The van der Waals surface area contributed by atoms with Gasteiger partial charge in [-0.25, -0.2) is 4.39 Å². The number of benzene rings is 2. The standard InChI is InChI=1S/C33H35FN4O.3C2H6/c1-19-12-24-14-25(13-20(2)31(24)35-16-19)33(39)36-17-28(22-6-7-22)29-15-27(30-18-38(30,4)5)21(3)32(37-29)23-8-10-26(34)11-9-23;3*1-2/h8-16,22,28,30H,6-7,17-18H2,1-5H3;3*1-2H3/p+1. The zero-order chi connectivity index (χ0) is 33.5. The number of halogens is 1. The second-order valence-electron chi connectivity index (χ2n) is 12.1. The van der Waals surface area contributed by atoms with E-state index in [1.165, 1.54) is 17.7 Å². The number of rotatable bonds is 7. The molecule has 2 atom stereocenters. The molecule has 1 aliphatic carbocycles. The van der Waals surface area contributed by atoms with Crippen molar-refractivity contribution in [3.63, 3.8) is 0 Å². The van der Waals surface area contributed by atoms with Crippen molar-refractivity contribution in [3.05, 3.63) is 94.1 Å². The Kier molecular flexibility index (Phi) is 12.4. The fraction of sp³-hybridized carbons (Fsp3) is 0.462. The first-order valence-electron chi connectivity index (χ1n) is 16.9. The summed E-state index contributed by atoms with van der Waals surface area (Å²) in [5.74, 6) is 0.313. The molecule has 6 rings (SSSR count). The number of carbonyl (C=O) groups excluding carboxylic acids is 1. The van der Waals surface area contributed by atoms with Gasteiger partial charge in [-0.15, -0.1) is 0 Å². The van der Waals surface area contributed by atoms with Gasteiger partial charge in [0, 0.05) is 46.4 Å². The molecule has 1 amide bonds. The van der Waals surface area contributed by atoms with E-state index in [4.69, 9.17) is 4.98 Å². The highest BCUT2D eigenvalue weighted by Gasteiger charge is 2.50. The molecule has 5 nitrogen and oxygen atoms in total. The summed E-state index contributed by atoms with van der Waals surface area (Å²) in [5.41, 5.74) is 9.00. The Labute approximate surface area is 270 Å². The van der Waals surface area contributed by atoms with Gasteiger partial charge >= 0.3 is 0 Å². The summed E-state index contributed by atoms with van der Waals surface area (Å²) in [6, 6.07) is 15.3. The maximum absolute atomic E-state index is 13.7. The lowest BCUT2D eigenvalue weighted by molar-refractivity contribution is -0.772. The van der Waals surface area contributed by atoms with Crippen LogP contribution in [0, 0.1) is 32.5 Å². The minimum atomic E-state index is -0.249. The molecule has 1 aliphatic heterocycles. The SMILES string of the molecule is CC.CC.CC.Cc1cnc2c(C)cc(C(=O)NCC(c3cc(C4C[N+]4(C)C)c(C)c(-c4ccc(F)cc4)n3)C3CC3)cc2c1. The fourth-order valence-electron chi connectivity index (χ4n) is 5.94. The van der Waals surface area contributed by atoms with Gasteiger partial charge in [0.25, 0.3) is 5.91 Å². The largest absolute Gasteiger partial charge is 0.351 e. The van der Waals surface area contributed by atoms with Gasteiger partial charge in [0.2, 0.25) is 0 Å². The molecule has 0 spiro atoms. The Hall–Kier alpha value is -3.64. The van der Waals surface area contributed by atoms with Crippen LogP contribution in [0.15, 0.2) is 54.7 Å². The van der Waals surface area contributed by atoms with E-state index in [1.807, 2.05) is 85.9 Å². The fourth-order valence-corrected chi connectivity index (χ4v) is 5.94. The van der Waals surface area contributed by atoms with E-state index in [1.54, 1.807) is 0 Å². The van der Waals surface area contributed by atoms with Crippen LogP contribution in [0.3, 0.4) is 0 Å². The number of fused-ring (bicyclic) bond motifs is 1. The van der Waals surface area contributed by atoms with Gasteiger partial charge in [-0.2, -0.15) is 0 Å². The topological polar surface area (TPSA) is 54.9 Å². The molecule has 2 aromatic carbocycles. The van der Waals surface area contributed by atoms with E-state index < -0.39 is 0 Å². The number of aryl methyl sites for hydroxylation is 2. The van der Waals surface area contributed by atoms with Crippen LogP contribution < -0.4 is 5.32 Å². The summed E-state index contributed by atoms with van der Waals surface area (Å²) >= 11 is 0. The zero-order valence-electron chi connectivity index (χ0n) is 29.4. The number of amides is 1. The summed E-state index contributed by atoms with van der Waals surface area (Å²) in [4.78, 5) is 23.1. The Balaban J connectivity index is 0.000000870. The van der Waals surface area contributed by atoms with Crippen LogP contribution in [0.5, 0.6) is 0 Å². The monoisotopic (exact) mass is 613 g/mol. The smallest absolute Gasteiger partial charge is 0.251 e. The minimum absolute atomic E-state index is 0.0711. The van der Waals surface area contributed by atoms with Gasteiger partial charge in [0.15, 0.2) is 6.04 Å². The van der Waals surface area contributed by atoms with Gasteiger partial charge < -0.3 is 9.80 Å². The van der Waals surface area contributed by atoms with Gasteiger partial charge in [0.1, 0.15) is 12.4 Å². The molecule has 4 aromatic rings. The summed E-state index contributed by atoms with van der Waals surface area (Å²) in [6.07, 6.45) is 4.14. The van der Waals surface area contributed by atoms with E-state index in [0.717, 1.165) is 68.4 Å². The first kappa shape index (κ1) is 35.8. The summed E-state index contributed by atoms with van der Waals surface area (Å²) in [6.45, 7) is 19.8. The molecule has 2 aromatic heterocycles. The third-order valence-corrected chi connectivity index (χ3v) is 8.59. The normalized spacial score (nSPS) is 16.6. The second-order valence-corrected chi connectivity index (χ2v) is 12.1. The summed E-state index contributed by atoms with van der Waals surface area (Å²) in [5, 5.41) is 4.22. The molecule has 3 heterocycles. The third kappa shape index (κ3) is 8.35. The molecule has 2 fully saturated rings. The number of nitrogens with one attached hydrogen (secondary N) is 1. The first-order valence-corrected chi connectivity index (χ1v) is 16.9. The number of pyridine rings is 2. The van der Waals surface area contributed by atoms with E-state index in [9.17, 15) is 9.18 Å². The number of hydrogen-bond acceptors (Lipinski definition) is 3. The van der Waals surface area contributed by atoms with Crippen LogP contribution >= 0.6 is 0 Å². The van der Waals surface area contributed by atoms with E-state index in [2.05, 4.69) is 43.5 Å². The molecular formula is C39H54FN4O+. The summed E-state index contributed by atoms with van der Waals surface area (Å²) < 4.78 is 14.7. The molecule has 1 N–H and O–H groups in total. The lowest BCUT2D eigenvalue weighted by atomic mass is 9.92. The van der Waals surface area contributed by atoms with Crippen molar-refractivity contribution in [2.45, 2.75) is 87.1 Å². The van der Waals surface area contributed by atoms with Crippen molar-refractivity contribution in [3.8, 4) is 11.3 Å². The second kappa shape index (κ2) is 15.6. The van der Waals surface area contributed by atoms with Crippen molar-refractivity contribution in [1.29, 1.82) is 0 Å². The van der Waals surface area contributed by atoms with E-state index in [0.29, 0.717) is 24.1 Å². The van der Waals surface area contributed by atoms with Crippen molar-refractivity contribution in [2.75, 3.05) is 27.2 Å². The van der Waals surface area contributed by atoms with Crippen LogP contribution in [-0.4, -0.2) is 47.5 Å². The Morgan fingerprint density at radius 2 is 1.58 bits per heavy atom. The van der Waals surface area contributed by atoms with Crippen LogP contribution in [0.2, 0.25) is 0 Å². The van der Waals surface area contributed by atoms with Gasteiger partial charge in [-0.05, 0) is 105 Å². The number of quaternary nitrogens is 1. The lowest BCUT2D eigenvalue weighted by Crippen LogP contribution is -2.30. The van der Waals surface area contributed by atoms with Gasteiger partial charge in [-0.3, -0.25) is 14.8 Å². The molecule has 45 heavy (non-hydrogen) atoms. The zero-order valence-corrected chi connectivity index (χ0v) is 29.4. The Bertz CT molecular complexity index is 1590. The summed E-state index contributed by atoms with van der Waals surface area (Å²) in [7, 11) is 4.51. The molecule has 1 saturated carbocycles. The predicted octanol–water partition coefficient (Wildman–Crippen LogP) is 9.49. The molecule has 1 saturated heterocycles. The Morgan fingerprint density at radius 3 is 2.16 bits per heavy atom. The highest BCUT2D eigenvalue weighted by molar-refractivity contribution is 5.99. The molecule has 6 heteroatoms. The molecule has 0 radical (unpaired) electrons. The predicted molar refractivity (Wildman–Crippen MR) is 187 cm³/mol. The van der Waals surface area contributed by atoms with Crippen molar-refractivity contribution < 1.29 is 13.7 Å². The third-order valence-electron chi connectivity index (χ3n) is 8.59. The van der Waals surface area contributed by atoms with Gasteiger partial charge in [-0.1, -0.05) is 41.5 Å². The molecular weight excluding hydrogens is 559 g/mol.